The molecule has 1 aromatic carbocycles. The largest absolute Gasteiger partial charge is 0.369 e. The SMILES string of the molecule is O=C(CCCCCCNc1ncnc2ccc(F)cc12)NO. The fourth-order valence-corrected chi connectivity index (χ4v) is 2.20. The molecule has 22 heavy (non-hydrogen) atoms. The Balaban J connectivity index is 1.76. The van der Waals surface area contributed by atoms with Crippen LogP contribution in [0.1, 0.15) is 32.1 Å². The number of nitrogens with one attached hydrogen (secondary N) is 2. The van der Waals surface area contributed by atoms with E-state index in [4.69, 9.17) is 5.21 Å². The molecule has 0 aliphatic rings. The molecule has 2 aromatic rings. The minimum atomic E-state index is -0.354. The molecule has 1 aromatic heterocycles. The molecule has 7 heteroatoms. The summed E-state index contributed by atoms with van der Waals surface area (Å²) in [5.74, 6) is -0.0377. The molecule has 0 aliphatic heterocycles. The summed E-state index contributed by atoms with van der Waals surface area (Å²) in [4.78, 5) is 19.1. The van der Waals surface area contributed by atoms with Gasteiger partial charge in [-0.2, -0.15) is 0 Å². The van der Waals surface area contributed by atoms with Gasteiger partial charge in [-0.3, -0.25) is 10.0 Å². The van der Waals surface area contributed by atoms with E-state index in [0.29, 0.717) is 23.1 Å². The average molecular weight is 306 g/mol. The molecule has 0 unspecified atom stereocenters. The van der Waals surface area contributed by atoms with Crippen LogP contribution in [0.15, 0.2) is 24.5 Å². The van der Waals surface area contributed by atoms with Gasteiger partial charge in [0.15, 0.2) is 0 Å². The Kier molecular flexibility index (Phi) is 6.02. The highest BCUT2D eigenvalue weighted by atomic mass is 19.1. The zero-order valence-electron chi connectivity index (χ0n) is 12.2. The normalized spacial score (nSPS) is 10.6. The summed E-state index contributed by atoms with van der Waals surface area (Å²) in [6.45, 7) is 0.717. The summed E-state index contributed by atoms with van der Waals surface area (Å²) in [6.07, 6.45) is 5.32. The first-order valence-corrected chi connectivity index (χ1v) is 7.28. The molecule has 1 heterocycles. The summed E-state index contributed by atoms with van der Waals surface area (Å²) in [5.41, 5.74) is 2.32. The van der Waals surface area contributed by atoms with Crippen molar-refractivity contribution >= 4 is 22.6 Å². The van der Waals surface area contributed by atoms with Gasteiger partial charge in [0.1, 0.15) is 18.0 Å². The number of hydrogen-bond donors (Lipinski definition) is 3. The van der Waals surface area contributed by atoms with Crippen LogP contribution in [0.5, 0.6) is 0 Å². The van der Waals surface area contributed by atoms with E-state index in [9.17, 15) is 9.18 Å². The molecule has 0 saturated heterocycles. The quantitative estimate of drug-likeness (QED) is 0.396. The predicted molar refractivity (Wildman–Crippen MR) is 81.0 cm³/mol. The monoisotopic (exact) mass is 306 g/mol. The first-order chi connectivity index (χ1) is 10.7. The molecular formula is C15H19FN4O2. The maximum atomic E-state index is 13.3. The number of halogens is 1. The Bertz CT molecular complexity index is 636. The molecule has 6 nitrogen and oxygen atoms in total. The van der Waals surface area contributed by atoms with Gasteiger partial charge in [-0.05, 0) is 31.0 Å². The number of hydrogen-bond acceptors (Lipinski definition) is 5. The van der Waals surface area contributed by atoms with Gasteiger partial charge in [-0.15, -0.1) is 0 Å². The summed E-state index contributed by atoms with van der Waals surface area (Å²) >= 11 is 0. The lowest BCUT2D eigenvalue weighted by molar-refractivity contribution is -0.129. The van der Waals surface area contributed by atoms with Gasteiger partial charge in [0.2, 0.25) is 5.91 Å². The van der Waals surface area contributed by atoms with Gasteiger partial charge in [-0.25, -0.2) is 19.8 Å². The van der Waals surface area contributed by atoms with E-state index >= 15 is 0 Å². The molecule has 0 aliphatic carbocycles. The lowest BCUT2D eigenvalue weighted by atomic mass is 10.1. The van der Waals surface area contributed by atoms with Crippen LogP contribution in [-0.2, 0) is 4.79 Å². The molecule has 0 atom stereocenters. The molecule has 0 bridgehead atoms. The predicted octanol–water partition coefficient (Wildman–Crippen LogP) is 2.64. The van der Waals surface area contributed by atoms with Gasteiger partial charge < -0.3 is 5.32 Å². The Morgan fingerprint density at radius 2 is 2.00 bits per heavy atom. The van der Waals surface area contributed by atoms with Crippen molar-refractivity contribution in [2.75, 3.05) is 11.9 Å². The molecule has 0 fully saturated rings. The van der Waals surface area contributed by atoms with Crippen molar-refractivity contribution in [3.8, 4) is 0 Å². The van der Waals surface area contributed by atoms with Crippen LogP contribution in [0.3, 0.4) is 0 Å². The third-order valence-corrected chi connectivity index (χ3v) is 3.35. The number of aromatic nitrogens is 2. The number of unbranched alkanes of at least 4 members (excludes halogenated alkanes) is 3. The van der Waals surface area contributed by atoms with Crippen LogP contribution >= 0.6 is 0 Å². The second-order valence-electron chi connectivity index (χ2n) is 5.01. The highest BCUT2D eigenvalue weighted by Crippen LogP contribution is 2.20. The Labute approximate surface area is 127 Å². The number of hydroxylamine groups is 1. The molecule has 3 N–H and O–H groups in total. The van der Waals surface area contributed by atoms with Gasteiger partial charge in [0.25, 0.3) is 0 Å². The highest BCUT2D eigenvalue weighted by Gasteiger charge is 2.04. The van der Waals surface area contributed by atoms with E-state index in [1.165, 1.54) is 18.5 Å². The fraction of sp³-hybridized carbons (Fsp3) is 0.400. The second-order valence-corrected chi connectivity index (χ2v) is 5.01. The van der Waals surface area contributed by atoms with Crippen molar-refractivity contribution < 1.29 is 14.4 Å². The number of carbonyl (C=O) groups excluding carboxylic acids is 1. The third-order valence-electron chi connectivity index (χ3n) is 3.35. The molecular weight excluding hydrogens is 287 g/mol. The van der Waals surface area contributed by atoms with E-state index in [2.05, 4.69) is 15.3 Å². The smallest absolute Gasteiger partial charge is 0.243 e. The number of anilines is 1. The lowest BCUT2D eigenvalue weighted by Crippen LogP contribution is -2.17. The van der Waals surface area contributed by atoms with Gasteiger partial charge >= 0.3 is 0 Å². The van der Waals surface area contributed by atoms with Crippen molar-refractivity contribution in [2.45, 2.75) is 32.1 Å². The van der Waals surface area contributed by atoms with Gasteiger partial charge in [0.05, 0.1) is 5.52 Å². The minimum Gasteiger partial charge on any atom is -0.369 e. The number of amides is 1. The van der Waals surface area contributed by atoms with E-state index in [1.807, 2.05) is 0 Å². The maximum Gasteiger partial charge on any atom is 0.243 e. The molecule has 0 spiro atoms. The van der Waals surface area contributed by atoms with Gasteiger partial charge in [0, 0.05) is 18.4 Å². The minimum absolute atomic E-state index is 0.312. The molecule has 118 valence electrons. The van der Waals surface area contributed by atoms with Crippen LogP contribution in [0.4, 0.5) is 10.2 Å². The maximum absolute atomic E-state index is 13.3. The summed E-state index contributed by atoms with van der Waals surface area (Å²) < 4.78 is 13.3. The Morgan fingerprint density at radius 1 is 1.18 bits per heavy atom. The molecule has 1 amide bonds. The highest BCUT2D eigenvalue weighted by molar-refractivity contribution is 5.88. The van der Waals surface area contributed by atoms with E-state index in [-0.39, 0.29) is 11.7 Å². The summed E-state index contributed by atoms with van der Waals surface area (Å²) in [6, 6.07) is 4.43. The Hall–Kier alpha value is -2.28. The number of rotatable bonds is 8. The van der Waals surface area contributed by atoms with Crippen LogP contribution < -0.4 is 10.8 Å². The first kappa shape index (κ1) is 16.1. The lowest BCUT2D eigenvalue weighted by Gasteiger charge is -2.08. The zero-order chi connectivity index (χ0) is 15.8. The number of carbonyl (C=O) groups is 1. The zero-order valence-corrected chi connectivity index (χ0v) is 12.2. The number of fused-ring (bicyclic) bond motifs is 1. The van der Waals surface area contributed by atoms with Crippen molar-refractivity contribution in [1.82, 2.24) is 15.4 Å². The number of benzene rings is 1. The van der Waals surface area contributed by atoms with Crippen molar-refractivity contribution in [2.24, 2.45) is 0 Å². The van der Waals surface area contributed by atoms with Crippen LogP contribution in [0.25, 0.3) is 10.9 Å². The van der Waals surface area contributed by atoms with Crippen molar-refractivity contribution in [3.63, 3.8) is 0 Å². The second kappa shape index (κ2) is 8.23. The van der Waals surface area contributed by atoms with E-state index in [1.54, 1.807) is 11.5 Å². The fourth-order valence-electron chi connectivity index (χ4n) is 2.20. The van der Waals surface area contributed by atoms with E-state index in [0.717, 1.165) is 32.2 Å². The van der Waals surface area contributed by atoms with E-state index < -0.39 is 0 Å². The van der Waals surface area contributed by atoms with Crippen LogP contribution in [-0.4, -0.2) is 27.6 Å². The first-order valence-electron chi connectivity index (χ1n) is 7.28. The topological polar surface area (TPSA) is 87.1 Å². The molecule has 0 saturated carbocycles. The van der Waals surface area contributed by atoms with Crippen molar-refractivity contribution in [1.29, 1.82) is 0 Å². The van der Waals surface area contributed by atoms with Crippen LogP contribution in [0, 0.1) is 5.82 Å². The van der Waals surface area contributed by atoms with Crippen LogP contribution in [0.2, 0.25) is 0 Å². The summed E-state index contributed by atoms with van der Waals surface area (Å²) in [5, 5.41) is 12.2. The molecule has 0 radical (unpaired) electrons. The standard InChI is InChI=1S/C15H19FN4O2/c16-11-6-7-13-12(9-11)15(19-10-18-13)17-8-4-2-1-3-5-14(21)20-22/h6-7,9-10,22H,1-5,8H2,(H,20,21)(H,17,18,19). The molecule has 2 rings (SSSR count). The van der Waals surface area contributed by atoms with Crippen molar-refractivity contribution in [3.05, 3.63) is 30.3 Å². The van der Waals surface area contributed by atoms with Gasteiger partial charge in [-0.1, -0.05) is 12.8 Å². The average Bonchev–Trinajstić information content (AvgIpc) is 2.53. The Morgan fingerprint density at radius 3 is 2.82 bits per heavy atom. The third kappa shape index (κ3) is 4.63. The number of nitrogens with zero attached hydrogens (tertiary/aromatic N) is 2. The summed E-state index contributed by atoms with van der Waals surface area (Å²) in [7, 11) is 0.